The van der Waals surface area contributed by atoms with Crippen molar-refractivity contribution in [2.24, 2.45) is 0 Å². The zero-order valence-electron chi connectivity index (χ0n) is 14.6. The van der Waals surface area contributed by atoms with Crippen LogP contribution in [0.3, 0.4) is 0 Å². The first kappa shape index (κ1) is 19.3. The first-order valence-electron chi connectivity index (χ1n) is 8.24. The van der Waals surface area contributed by atoms with Crippen molar-refractivity contribution < 1.29 is 28.6 Å². The molecular formula is C21H15O6P. The summed E-state index contributed by atoms with van der Waals surface area (Å²) in [5.74, 6) is 0.625. The lowest BCUT2D eigenvalue weighted by Crippen LogP contribution is -2.21. The van der Waals surface area contributed by atoms with Gasteiger partial charge in [0.1, 0.15) is 17.2 Å². The first-order valence-corrected chi connectivity index (χ1v) is 9.58. The molecule has 7 heteroatoms. The summed E-state index contributed by atoms with van der Waals surface area (Å²) < 4.78 is 15.5. The molecular weight excluding hydrogens is 379 g/mol. The number of hydrogen-bond donors (Lipinski definition) is 0. The Balaban J connectivity index is 1.80. The van der Waals surface area contributed by atoms with Crippen molar-refractivity contribution in [3.63, 3.8) is 0 Å². The third-order valence-corrected chi connectivity index (χ3v) is 4.76. The quantitative estimate of drug-likeness (QED) is 0.473. The van der Waals surface area contributed by atoms with Gasteiger partial charge in [0.15, 0.2) is 0 Å². The van der Waals surface area contributed by atoms with E-state index >= 15 is 0 Å². The molecule has 0 amide bonds. The average Bonchev–Trinajstić information content (AvgIpc) is 2.70. The number of benzene rings is 3. The molecule has 0 aliphatic heterocycles. The van der Waals surface area contributed by atoms with Crippen LogP contribution in [0, 0.1) is 0 Å². The minimum absolute atomic E-state index is 0.208. The Labute approximate surface area is 162 Å². The largest absolute Gasteiger partial charge is 0.423 e. The van der Waals surface area contributed by atoms with Crippen LogP contribution in [0.2, 0.25) is 0 Å². The van der Waals surface area contributed by atoms with Crippen molar-refractivity contribution in [2.45, 2.75) is 0 Å². The second-order valence-corrected chi connectivity index (χ2v) is 7.14. The van der Waals surface area contributed by atoms with Crippen molar-refractivity contribution in [2.75, 3.05) is 0 Å². The monoisotopic (exact) mass is 394 g/mol. The number of para-hydroxylation sites is 3. The standard InChI is InChI=1S/C21H15O6P/c22-19(25-16-10-4-1-5-11-16)28(20(23)26-17-12-6-2-7-13-17)21(24)27-18-14-8-3-9-15-18/h1-15H. The highest BCUT2D eigenvalue weighted by Gasteiger charge is 2.40. The maximum Gasteiger partial charge on any atom is 0.354 e. The molecule has 0 spiro atoms. The Bertz CT molecular complexity index is 817. The second kappa shape index (κ2) is 9.44. The Morgan fingerprint density at radius 1 is 0.464 bits per heavy atom. The van der Waals surface area contributed by atoms with Crippen molar-refractivity contribution in [1.29, 1.82) is 0 Å². The molecule has 0 unspecified atom stereocenters. The molecule has 6 nitrogen and oxygen atoms in total. The first-order chi connectivity index (χ1) is 13.6. The molecule has 0 saturated carbocycles. The fourth-order valence-electron chi connectivity index (χ4n) is 2.13. The fourth-order valence-corrected chi connectivity index (χ4v) is 3.17. The van der Waals surface area contributed by atoms with Crippen molar-refractivity contribution in [3.05, 3.63) is 91.0 Å². The average molecular weight is 394 g/mol. The van der Waals surface area contributed by atoms with Crippen LogP contribution in [-0.4, -0.2) is 17.1 Å². The van der Waals surface area contributed by atoms with Crippen molar-refractivity contribution in [1.82, 2.24) is 0 Å². The maximum atomic E-state index is 12.6. The molecule has 0 bridgehead atoms. The highest BCUT2D eigenvalue weighted by molar-refractivity contribution is 8.00. The smallest absolute Gasteiger partial charge is 0.354 e. The van der Waals surface area contributed by atoms with E-state index in [1.807, 2.05) is 0 Å². The number of rotatable bonds is 6. The van der Waals surface area contributed by atoms with Gasteiger partial charge in [-0.2, -0.15) is 0 Å². The predicted octanol–water partition coefficient (Wildman–Crippen LogP) is 6.07. The van der Waals surface area contributed by atoms with E-state index < -0.39 is 25.1 Å². The van der Waals surface area contributed by atoms with Gasteiger partial charge < -0.3 is 14.2 Å². The van der Waals surface area contributed by atoms with Gasteiger partial charge in [0.25, 0.3) is 0 Å². The van der Waals surface area contributed by atoms with Gasteiger partial charge in [0.05, 0.1) is 0 Å². The van der Waals surface area contributed by atoms with Gasteiger partial charge in [-0.25, -0.2) is 14.4 Å². The lowest BCUT2D eigenvalue weighted by molar-refractivity contribution is 0.215. The molecule has 0 fully saturated rings. The summed E-state index contributed by atoms with van der Waals surface area (Å²) in [5.41, 5.74) is -3.07. The van der Waals surface area contributed by atoms with E-state index in [1.165, 1.54) is 36.4 Å². The summed E-state index contributed by atoms with van der Waals surface area (Å²) >= 11 is 0. The molecule has 0 heterocycles. The zero-order chi connectivity index (χ0) is 19.8. The van der Waals surface area contributed by atoms with Gasteiger partial charge in [-0.1, -0.05) is 54.6 Å². The molecule has 0 aliphatic rings. The maximum absolute atomic E-state index is 12.6. The minimum atomic E-state index is -2.70. The molecule has 3 rings (SSSR count). The van der Waals surface area contributed by atoms with Crippen molar-refractivity contribution in [3.8, 4) is 17.2 Å². The Kier molecular flexibility index (Phi) is 6.50. The van der Waals surface area contributed by atoms with Crippen LogP contribution in [0.15, 0.2) is 91.0 Å². The van der Waals surface area contributed by atoms with Gasteiger partial charge in [0.2, 0.25) is 7.92 Å². The number of hydrogen-bond acceptors (Lipinski definition) is 6. The zero-order valence-corrected chi connectivity index (χ0v) is 15.5. The molecule has 140 valence electrons. The molecule has 3 aromatic rings. The molecule has 0 aliphatic carbocycles. The normalized spacial score (nSPS) is 10.2. The summed E-state index contributed by atoms with van der Waals surface area (Å²) in [6.45, 7) is 0. The van der Waals surface area contributed by atoms with Crippen LogP contribution in [0.5, 0.6) is 17.2 Å². The third-order valence-electron chi connectivity index (χ3n) is 3.39. The summed E-state index contributed by atoms with van der Waals surface area (Å²) in [7, 11) is -2.70. The molecule has 0 atom stereocenters. The summed E-state index contributed by atoms with van der Waals surface area (Å²) in [6, 6.07) is 24.4. The van der Waals surface area contributed by atoms with Crippen molar-refractivity contribution >= 4 is 25.1 Å². The van der Waals surface area contributed by atoms with E-state index in [9.17, 15) is 14.4 Å². The van der Waals surface area contributed by atoms with Gasteiger partial charge in [-0.05, 0) is 36.4 Å². The van der Waals surface area contributed by atoms with Crippen LogP contribution in [-0.2, 0) is 0 Å². The number of ether oxygens (including phenoxy) is 3. The van der Waals surface area contributed by atoms with E-state index in [-0.39, 0.29) is 17.2 Å². The fraction of sp³-hybridized carbons (Fsp3) is 0. The van der Waals surface area contributed by atoms with E-state index in [0.29, 0.717) is 0 Å². The van der Waals surface area contributed by atoms with Crippen LogP contribution in [0.1, 0.15) is 0 Å². The highest BCUT2D eigenvalue weighted by atomic mass is 31.1. The van der Waals surface area contributed by atoms with Gasteiger partial charge in [-0.3, -0.25) is 0 Å². The highest BCUT2D eigenvalue weighted by Crippen LogP contribution is 2.43. The SMILES string of the molecule is O=C(Oc1ccccc1)P(C(=O)Oc1ccccc1)C(=O)Oc1ccccc1. The number of carbonyl (C=O) groups is 3. The second-order valence-electron chi connectivity index (χ2n) is 5.38. The Morgan fingerprint density at radius 3 is 0.964 bits per heavy atom. The topological polar surface area (TPSA) is 78.9 Å². The Hall–Kier alpha value is -3.50. The van der Waals surface area contributed by atoms with E-state index in [4.69, 9.17) is 14.2 Å². The molecule has 0 N–H and O–H groups in total. The third kappa shape index (κ3) is 5.25. The predicted molar refractivity (Wildman–Crippen MR) is 104 cm³/mol. The van der Waals surface area contributed by atoms with Gasteiger partial charge >= 0.3 is 17.1 Å². The lowest BCUT2D eigenvalue weighted by Gasteiger charge is -2.14. The summed E-state index contributed by atoms with van der Waals surface area (Å²) in [5, 5.41) is 0. The Morgan fingerprint density at radius 2 is 0.714 bits per heavy atom. The van der Waals surface area contributed by atoms with Gasteiger partial charge in [0, 0.05) is 0 Å². The minimum Gasteiger partial charge on any atom is -0.423 e. The molecule has 3 aromatic carbocycles. The molecule has 0 radical (unpaired) electrons. The van der Waals surface area contributed by atoms with Crippen LogP contribution >= 0.6 is 7.92 Å². The van der Waals surface area contributed by atoms with Crippen LogP contribution in [0.4, 0.5) is 14.4 Å². The van der Waals surface area contributed by atoms with E-state index in [2.05, 4.69) is 0 Å². The molecule has 0 saturated heterocycles. The summed E-state index contributed by atoms with van der Waals surface area (Å²) in [6.07, 6.45) is 0. The van der Waals surface area contributed by atoms with Gasteiger partial charge in [-0.15, -0.1) is 0 Å². The molecule has 28 heavy (non-hydrogen) atoms. The lowest BCUT2D eigenvalue weighted by atomic mass is 10.3. The van der Waals surface area contributed by atoms with E-state index in [1.54, 1.807) is 54.6 Å². The molecule has 0 aromatic heterocycles. The summed E-state index contributed by atoms with van der Waals surface area (Å²) in [4.78, 5) is 37.7. The number of carbonyl (C=O) groups excluding carboxylic acids is 3. The van der Waals surface area contributed by atoms with Crippen LogP contribution < -0.4 is 14.2 Å². The van der Waals surface area contributed by atoms with E-state index in [0.717, 1.165) is 0 Å². The van der Waals surface area contributed by atoms with Crippen LogP contribution in [0.25, 0.3) is 0 Å².